The molecule has 0 spiro atoms. The van der Waals surface area contributed by atoms with Crippen molar-refractivity contribution in [3.8, 4) is 5.75 Å². The van der Waals surface area contributed by atoms with Crippen LogP contribution in [0.2, 0.25) is 0 Å². The molecule has 2 N–H and O–H groups in total. The Labute approximate surface area is 183 Å². The molecular formula is C22H28N4O4S. The lowest BCUT2D eigenvalue weighted by atomic mass is 10.2. The van der Waals surface area contributed by atoms with E-state index in [-0.39, 0.29) is 11.5 Å². The number of hydrogen-bond donors (Lipinski definition) is 2. The molecule has 2 aromatic rings. The monoisotopic (exact) mass is 444 g/mol. The molecule has 0 aromatic heterocycles. The van der Waals surface area contributed by atoms with Crippen molar-refractivity contribution in [3.63, 3.8) is 0 Å². The minimum atomic E-state index is -3.68. The summed E-state index contributed by atoms with van der Waals surface area (Å²) in [6.45, 7) is 6.22. The van der Waals surface area contributed by atoms with Gasteiger partial charge in [-0.05, 0) is 36.8 Å². The Morgan fingerprint density at radius 1 is 1.10 bits per heavy atom. The first-order valence-corrected chi connectivity index (χ1v) is 11.9. The number of fused-ring (bicyclic) bond motifs is 1. The Bertz CT molecular complexity index is 1030. The van der Waals surface area contributed by atoms with Crippen molar-refractivity contribution in [1.29, 1.82) is 0 Å². The summed E-state index contributed by atoms with van der Waals surface area (Å²) in [7, 11) is -3.68. The van der Waals surface area contributed by atoms with E-state index >= 15 is 0 Å². The van der Waals surface area contributed by atoms with Gasteiger partial charge >= 0.3 is 0 Å². The van der Waals surface area contributed by atoms with Crippen LogP contribution in [0.3, 0.4) is 0 Å². The van der Waals surface area contributed by atoms with Gasteiger partial charge in [0.15, 0.2) is 0 Å². The van der Waals surface area contributed by atoms with Crippen LogP contribution >= 0.6 is 0 Å². The summed E-state index contributed by atoms with van der Waals surface area (Å²) >= 11 is 0. The molecule has 8 nitrogen and oxygen atoms in total. The fourth-order valence-electron chi connectivity index (χ4n) is 3.79. The third-order valence-corrected chi connectivity index (χ3v) is 6.77. The maximum atomic E-state index is 12.5. The number of aryl methyl sites for hydroxylation is 1. The predicted molar refractivity (Wildman–Crippen MR) is 120 cm³/mol. The number of nitrogens with zero attached hydrogens (tertiary/aromatic N) is 3. The maximum absolute atomic E-state index is 12.5. The second kappa shape index (κ2) is 9.35. The van der Waals surface area contributed by atoms with Gasteiger partial charge < -0.3 is 15.2 Å². The number of β-amino-alcohol motifs (C(OH)–C–C–N with tert-alkyl or cyclic N) is 1. The van der Waals surface area contributed by atoms with Crippen LogP contribution in [0.4, 0.5) is 5.69 Å². The molecule has 166 valence electrons. The molecule has 4 rings (SSSR count). The largest absolute Gasteiger partial charge is 0.491 e. The molecule has 0 amide bonds. The van der Waals surface area contributed by atoms with Crippen molar-refractivity contribution in [3.05, 3.63) is 54.1 Å². The minimum absolute atomic E-state index is 0.229. The van der Waals surface area contributed by atoms with Gasteiger partial charge in [0.25, 0.3) is 10.0 Å². The Morgan fingerprint density at radius 3 is 2.55 bits per heavy atom. The number of para-hydroxylation sites is 1. The molecule has 0 saturated carbocycles. The summed E-state index contributed by atoms with van der Waals surface area (Å²) in [5.74, 6) is 1.19. The zero-order valence-corrected chi connectivity index (χ0v) is 18.4. The third-order valence-electron chi connectivity index (χ3n) is 5.42. The zero-order valence-electron chi connectivity index (χ0n) is 17.6. The van der Waals surface area contributed by atoms with Crippen molar-refractivity contribution in [2.75, 3.05) is 51.2 Å². The maximum Gasteiger partial charge on any atom is 0.286 e. The lowest BCUT2D eigenvalue weighted by Gasteiger charge is -2.36. The summed E-state index contributed by atoms with van der Waals surface area (Å²) in [5.41, 5.74) is 1.46. The predicted octanol–water partition coefficient (Wildman–Crippen LogP) is 1.57. The number of nitrogens with one attached hydrogen (secondary N) is 1. The van der Waals surface area contributed by atoms with Crippen molar-refractivity contribution >= 4 is 21.5 Å². The van der Waals surface area contributed by atoms with E-state index in [0.29, 0.717) is 24.6 Å². The highest BCUT2D eigenvalue weighted by Gasteiger charge is 2.27. The van der Waals surface area contributed by atoms with Crippen LogP contribution in [0.5, 0.6) is 5.75 Å². The van der Waals surface area contributed by atoms with Crippen molar-refractivity contribution in [2.45, 2.75) is 17.9 Å². The zero-order chi connectivity index (χ0) is 21.8. The van der Waals surface area contributed by atoms with Crippen LogP contribution in [0, 0.1) is 6.92 Å². The summed E-state index contributed by atoms with van der Waals surface area (Å²) in [4.78, 5) is 4.59. The first kappa shape index (κ1) is 21.8. The second-order valence-corrected chi connectivity index (χ2v) is 9.56. The van der Waals surface area contributed by atoms with Crippen molar-refractivity contribution < 1.29 is 18.3 Å². The van der Waals surface area contributed by atoms with Crippen LogP contribution in [0.25, 0.3) is 0 Å². The quantitative estimate of drug-likeness (QED) is 0.669. The highest BCUT2D eigenvalue weighted by atomic mass is 32.2. The first-order chi connectivity index (χ1) is 14.9. The standard InChI is InChI=1S/C22H28N4O4S/c1-17-7-8-20-21(13-17)31(28,29)24-22(23-20)15-26-11-9-25(10-12-26)14-18(27)16-30-19-5-3-2-4-6-19/h2-8,13,18,27H,9-12,14-16H2,1H3,(H,23,24). The van der Waals surface area contributed by atoms with Crippen LogP contribution in [0.15, 0.2) is 57.8 Å². The Hall–Kier alpha value is -2.46. The fourth-order valence-corrected chi connectivity index (χ4v) is 5.01. The summed E-state index contributed by atoms with van der Waals surface area (Å²) in [6, 6.07) is 14.8. The van der Waals surface area contributed by atoms with Crippen LogP contribution < -0.4 is 10.1 Å². The number of aliphatic hydroxyl groups excluding tert-OH is 1. The molecule has 9 heteroatoms. The Morgan fingerprint density at radius 2 is 1.81 bits per heavy atom. The topological polar surface area (TPSA) is 94.5 Å². The summed E-state index contributed by atoms with van der Waals surface area (Å²) in [6.07, 6.45) is -0.568. The number of ether oxygens (including phenoxy) is 1. The average Bonchev–Trinajstić information content (AvgIpc) is 2.75. The van der Waals surface area contributed by atoms with Gasteiger partial charge in [0.05, 0.1) is 12.2 Å². The first-order valence-electron chi connectivity index (χ1n) is 10.4. The molecule has 2 heterocycles. The molecule has 1 atom stereocenters. The molecule has 31 heavy (non-hydrogen) atoms. The van der Waals surface area contributed by atoms with Gasteiger partial charge in [-0.15, -0.1) is 4.40 Å². The molecule has 0 radical (unpaired) electrons. The molecular weight excluding hydrogens is 416 g/mol. The number of hydrogen-bond acceptors (Lipinski definition) is 7. The van der Waals surface area contributed by atoms with Gasteiger partial charge in [0, 0.05) is 32.7 Å². The number of anilines is 1. The number of amidine groups is 1. The van der Waals surface area contributed by atoms with Crippen LogP contribution in [-0.2, 0) is 10.0 Å². The van der Waals surface area contributed by atoms with Crippen LogP contribution in [0.1, 0.15) is 5.56 Å². The lowest BCUT2D eigenvalue weighted by Crippen LogP contribution is -2.51. The third kappa shape index (κ3) is 5.62. The van der Waals surface area contributed by atoms with E-state index in [4.69, 9.17) is 4.74 Å². The van der Waals surface area contributed by atoms with E-state index in [2.05, 4.69) is 19.5 Å². The van der Waals surface area contributed by atoms with Crippen molar-refractivity contribution in [2.24, 2.45) is 4.40 Å². The molecule has 1 unspecified atom stereocenters. The smallest absolute Gasteiger partial charge is 0.286 e. The number of rotatable bonds is 7. The van der Waals surface area contributed by atoms with Crippen molar-refractivity contribution in [1.82, 2.24) is 9.80 Å². The van der Waals surface area contributed by atoms with E-state index in [9.17, 15) is 13.5 Å². The van der Waals surface area contributed by atoms with E-state index in [1.54, 1.807) is 12.1 Å². The number of aliphatic hydroxyl groups is 1. The van der Waals surface area contributed by atoms with Gasteiger partial charge in [0.2, 0.25) is 0 Å². The minimum Gasteiger partial charge on any atom is -0.491 e. The molecule has 2 aliphatic heterocycles. The Balaban J connectivity index is 1.25. The van der Waals surface area contributed by atoms with Gasteiger partial charge in [-0.2, -0.15) is 8.42 Å². The lowest BCUT2D eigenvalue weighted by molar-refractivity contribution is 0.0488. The van der Waals surface area contributed by atoms with E-state index in [1.807, 2.05) is 43.3 Å². The molecule has 0 aliphatic carbocycles. The van der Waals surface area contributed by atoms with Gasteiger partial charge in [0.1, 0.15) is 29.2 Å². The van der Waals surface area contributed by atoms with Gasteiger partial charge in [-0.3, -0.25) is 9.80 Å². The molecule has 1 fully saturated rings. The summed E-state index contributed by atoms with van der Waals surface area (Å²) in [5, 5.41) is 13.4. The van der Waals surface area contributed by atoms with Gasteiger partial charge in [-0.1, -0.05) is 24.3 Å². The normalized spacial score (nSPS) is 19.7. The summed E-state index contributed by atoms with van der Waals surface area (Å²) < 4.78 is 34.6. The molecule has 2 aliphatic rings. The fraction of sp³-hybridized carbons (Fsp3) is 0.409. The van der Waals surface area contributed by atoms with Gasteiger partial charge in [-0.25, -0.2) is 0 Å². The van der Waals surface area contributed by atoms with Crippen LogP contribution in [-0.4, -0.2) is 81.1 Å². The second-order valence-electron chi connectivity index (χ2n) is 7.99. The molecule has 2 aromatic carbocycles. The van der Waals surface area contributed by atoms with E-state index in [0.717, 1.165) is 37.5 Å². The van der Waals surface area contributed by atoms with E-state index < -0.39 is 16.1 Å². The Kier molecular flexibility index (Phi) is 6.57. The number of sulfonamides is 1. The number of piperazine rings is 1. The number of benzene rings is 2. The highest BCUT2D eigenvalue weighted by Crippen LogP contribution is 2.28. The molecule has 1 saturated heterocycles. The SMILES string of the molecule is Cc1ccc2c(c1)S(=O)(=O)N=C(CN1CCN(CC(O)COc3ccccc3)CC1)N2. The highest BCUT2D eigenvalue weighted by molar-refractivity contribution is 7.90. The average molecular weight is 445 g/mol. The van der Waals surface area contributed by atoms with E-state index in [1.165, 1.54) is 0 Å². The molecule has 0 bridgehead atoms.